The topological polar surface area (TPSA) is 24.9 Å². The second-order valence-electron chi connectivity index (χ2n) is 4.22. The monoisotopic (exact) mass is 264 g/mol. The van der Waals surface area contributed by atoms with Crippen molar-refractivity contribution in [1.82, 2.24) is 10.3 Å². The fraction of sp³-hybridized carbons (Fsp3) is 0.357. The molecule has 0 unspecified atom stereocenters. The summed E-state index contributed by atoms with van der Waals surface area (Å²) < 4.78 is 13.1. The normalized spacial score (nSPS) is 10.8. The summed E-state index contributed by atoms with van der Waals surface area (Å²) in [5.74, 6) is -0.186. The molecule has 1 aromatic heterocycles. The molecule has 0 fully saturated rings. The molecule has 0 aliphatic rings. The molecule has 96 valence electrons. The molecule has 2 nitrogen and oxygen atoms in total. The first-order valence-corrected chi connectivity index (χ1v) is 7.04. The highest BCUT2D eigenvalue weighted by Crippen LogP contribution is 2.15. The Kier molecular flexibility index (Phi) is 4.84. The molecular formula is C14H17FN2S. The molecule has 4 heteroatoms. The molecule has 0 aliphatic heterocycles. The molecule has 2 rings (SSSR count). The fourth-order valence-corrected chi connectivity index (χ4v) is 2.55. The number of thiazole rings is 1. The number of aromatic nitrogens is 1. The standard InChI is InChI=1S/C14H17FN2S/c1-2-6-16-9-13-10-18-14(17-13)8-11-4-3-5-12(15)7-11/h3-5,7,10,16H,2,6,8-9H2,1H3. The van der Waals surface area contributed by atoms with Crippen molar-refractivity contribution in [2.45, 2.75) is 26.3 Å². The van der Waals surface area contributed by atoms with Crippen LogP contribution in [0.5, 0.6) is 0 Å². The third-order valence-electron chi connectivity index (χ3n) is 2.58. The molecule has 2 aromatic rings. The SMILES string of the molecule is CCCNCc1csc(Cc2cccc(F)c2)n1. The summed E-state index contributed by atoms with van der Waals surface area (Å²) in [6.07, 6.45) is 1.83. The van der Waals surface area contributed by atoms with Crippen LogP contribution in [0, 0.1) is 5.82 Å². The minimum atomic E-state index is -0.186. The Labute approximate surface area is 111 Å². The van der Waals surface area contributed by atoms with Crippen LogP contribution in [0.2, 0.25) is 0 Å². The number of hydrogen-bond acceptors (Lipinski definition) is 3. The average Bonchev–Trinajstić information content (AvgIpc) is 2.77. The van der Waals surface area contributed by atoms with Crippen LogP contribution >= 0.6 is 11.3 Å². The van der Waals surface area contributed by atoms with Gasteiger partial charge in [0.05, 0.1) is 10.7 Å². The Hall–Kier alpha value is -1.26. The molecule has 0 atom stereocenters. The van der Waals surface area contributed by atoms with Gasteiger partial charge in [-0.05, 0) is 30.7 Å². The van der Waals surface area contributed by atoms with Crippen molar-refractivity contribution in [2.75, 3.05) is 6.54 Å². The lowest BCUT2D eigenvalue weighted by Crippen LogP contribution is -2.13. The van der Waals surface area contributed by atoms with E-state index in [0.29, 0.717) is 6.42 Å². The van der Waals surface area contributed by atoms with Crippen LogP contribution in [0.4, 0.5) is 4.39 Å². The summed E-state index contributed by atoms with van der Waals surface area (Å²) >= 11 is 1.63. The van der Waals surface area contributed by atoms with Gasteiger partial charge in [0.2, 0.25) is 0 Å². The highest BCUT2D eigenvalue weighted by Gasteiger charge is 2.03. The Morgan fingerprint density at radius 1 is 1.39 bits per heavy atom. The van der Waals surface area contributed by atoms with Crippen molar-refractivity contribution in [1.29, 1.82) is 0 Å². The van der Waals surface area contributed by atoms with Crippen molar-refractivity contribution in [3.05, 3.63) is 51.7 Å². The molecule has 0 saturated heterocycles. The third-order valence-corrected chi connectivity index (χ3v) is 3.47. The number of halogens is 1. The molecule has 0 spiro atoms. The highest BCUT2D eigenvalue weighted by atomic mass is 32.1. The summed E-state index contributed by atoms with van der Waals surface area (Å²) in [7, 11) is 0. The lowest BCUT2D eigenvalue weighted by Gasteiger charge is -1.99. The smallest absolute Gasteiger partial charge is 0.123 e. The zero-order valence-corrected chi connectivity index (χ0v) is 11.3. The minimum Gasteiger partial charge on any atom is -0.311 e. The van der Waals surface area contributed by atoms with Crippen molar-refractivity contribution in [2.24, 2.45) is 0 Å². The molecule has 0 bridgehead atoms. The summed E-state index contributed by atoms with van der Waals surface area (Å²) in [4.78, 5) is 4.54. The summed E-state index contributed by atoms with van der Waals surface area (Å²) in [5, 5.41) is 6.42. The minimum absolute atomic E-state index is 0.186. The van der Waals surface area contributed by atoms with Gasteiger partial charge in [-0.2, -0.15) is 0 Å². The van der Waals surface area contributed by atoms with Crippen LogP contribution in [0.25, 0.3) is 0 Å². The van der Waals surface area contributed by atoms with Gasteiger partial charge in [0.25, 0.3) is 0 Å². The first-order chi connectivity index (χ1) is 8.78. The van der Waals surface area contributed by atoms with E-state index in [-0.39, 0.29) is 5.82 Å². The largest absolute Gasteiger partial charge is 0.311 e. The van der Waals surface area contributed by atoms with Gasteiger partial charge in [0, 0.05) is 18.3 Å². The van der Waals surface area contributed by atoms with Crippen LogP contribution < -0.4 is 5.32 Å². The van der Waals surface area contributed by atoms with Crippen LogP contribution in [0.15, 0.2) is 29.6 Å². The molecule has 0 saturated carbocycles. The first kappa shape index (κ1) is 13.2. The zero-order chi connectivity index (χ0) is 12.8. The van der Waals surface area contributed by atoms with Gasteiger partial charge < -0.3 is 5.32 Å². The van der Waals surface area contributed by atoms with Gasteiger partial charge in [-0.1, -0.05) is 19.1 Å². The maximum atomic E-state index is 13.1. The number of benzene rings is 1. The fourth-order valence-electron chi connectivity index (χ4n) is 1.73. The number of nitrogens with one attached hydrogen (secondary N) is 1. The van der Waals surface area contributed by atoms with Crippen LogP contribution in [-0.2, 0) is 13.0 Å². The summed E-state index contributed by atoms with van der Waals surface area (Å²) in [6, 6.07) is 6.70. The number of rotatable bonds is 6. The van der Waals surface area contributed by atoms with E-state index in [2.05, 4.69) is 22.6 Å². The number of nitrogens with zero attached hydrogens (tertiary/aromatic N) is 1. The van der Waals surface area contributed by atoms with E-state index in [1.165, 1.54) is 6.07 Å². The first-order valence-electron chi connectivity index (χ1n) is 6.16. The van der Waals surface area contributed by atoms with E-state index in [1.54, 1.807) is 23.5 Å². The maximum absolute atomic E-state index is 13.1. The molecule has 0 amide bonds. The van der Waals surface area contributed by atoms with E-state index in [1.807, 2.05) is 6.07 Å². The second-order valence-corrected chi connectivity index (χ2v) is 5.16. The summed E-state index contributed by atoms with van der Waals surface area (Å²) in [6.45, 7) is 3.97. The molecule has 1 heterocycles. The van der Waals surface area contributed by atoms with E-state index >= 15 is 0 Å². The van der Waals surface area contributed by atoms with E-state index < -0.39 is 0 Å². The predicted molar refractivity (Wildman–Crippen MR) is 73.3 cm³/mol. The molecular weight excluding hydrogens is 247 g/mol. The van der Waals surface area contributed by atoms with Gasteiger partial charge in [-0.25, -0.2) is 9.37 Å². The highest BCUT2D eigenvalue weighted by molar-refractivity contribution is 7.09. The van der Waals surface area contributed by atoms with Crippen molar-refractivity contribution in [3.63, 3.8) is 0 Å². The number of hydrogen-bond donors (Lipinski definition) is 1. The van der Waals surface area contributed by atoms with Crippen LogP contribution in [-0.4, -0.2) is 11.5 Å². The second kappa shape index (κ2) is 6.61. The lowest BCUT2D eigenvalue weighted by atomic mass is 10.1. The van der Waals surface area contributed by atoms with Gasteiger partial charge in [-0.15, -0.1) is 11.3 Å². The molecule has 0 aliphatic carbocycles. The Morgan fingerprint density at radius 3 is 3.06 bits per heavy atom. The third kappa shape index (κ3) is 3.89. The Balaban J connectivity index is 1.94. The average molecular weight is 264 g/mol. The van der Waals surface area contributed by atoms with Gasteiger partial charge >= 0.3 is 0 Å². The van der Waals surface area contributed by atoms with Crippen LogP contribution in [0.3, 0.4) is 0 Å². The summed E-state index contributed by atoms with van der Waals surface area (Å²) in [5.41, 5.74) is 2.04. The molecule has 0 radical (unpaired) electrons. The molecule has 1 aromatic carbocycles. The van der Waals surface area contributed by atoms with Gasteiger partial charge in [0.15, 0.2) is 0 Å². The van der Waals surface area contributed by atoms with Crippen molar-refractivity contribution >= 4 is 11.3 Å². The van der Waals surface area contributed by atoms with Crippen molar-refractivity contribution < 1.29 is 4.39 Å². The molecule has 18 heavy (non-hydrogen) atoms. The Morgan fingerprint density at radius 2 is 2.28 bits per heavy atom. The molecule has 1 N–H and O–H groups in total. The maximum Gasteiger partial charge on any atom is 0.123 e. The van der Waals surface area contributed by atoms with Crippen molar-refractivity contribution in [3.8, 4) is 0 Å². The van der Waals surface area contributed by atoms with Crippen LogP contribution in [0.1, 0.15) is 29.6 Å². The van der Waals surface area contributed by atoms with E-state index in [9.17, 15) is 4.39 Å². The van der Waals surface area contributed by atoms with Gasteiger partial charge in [0.1, 0.15) is 5.82 Å². The lowest BCUT2D eigenvalue weighted by molar-refractivity contribution is 0.626. The van der Waals surface area contributed by atoms with Gasteiger partial charge in [-0.3, -0.25) is 0 Å². The van der Waals surface area contributed by atoms with E-state index in [4.69, 9.17) is 0 Å². The quantitative estimate of drug-likeness (QED) is 0.809. The predicted octanol–water partition coefficient (Wildman–Crippen LogP) is 3.37. The zero-order valence-electron chi connectivity index (χ0n) is 10.4. The Bertz CT molecular complexity index is 496. The van der Waals surface area contributed by atoms with E-state index in [0.717, 1.165) is 35.8 Å².